The zero-order valence-electron chi connectivity index (χ0n) is 11.8. The summed E-state index contributed by atoms with van der Waals surface area (Å²) < 4.78 is 6.63. The Kier molecular flexibility index (Phi) is 4.44. The molecular weight excluding hydrogens is 296 g/mol. The molecule has 0 aromatic carbocycles. The maximum Gasteiger partial charge on any atom is 0.313 e. The topological polar surface area (TPSA) is 77.0 Å². The average Bonchev–Trinajstić information content (AvgIpc) is 2.87. The van der Waals surface area contributed by atoms with Crippen molar-refractivity contribution >= 4 is 45.2 Å². The summed E-state index contributed by atoms with van der Waals surface area (Å²) in [5.74, 6) is 0.439. The molecule has 0 saturated carbocycles. The Bertz CT molecular complexity index is 627. The van der Waals surface area contributed by atoms with E-state index in [-0.39, 0.29) is 5.97 Å². The number of methoxy groups -OCH3 is 1. The van der Waals surface area contributed by atoms with Crippen molar-refractivity contribution in [1.82, 2.24) is 15.0 Å². The number of carbonyl (C=O) groups excluding carboxylic acids is 1. The number of anilines is 1. The first-order valence-electron chi connectivity index (χ1n) is 5.96. The highest BCUT2D eigenvalue weighted by atomic mass is 32.2. The van der Waals surface area contributed by atoms with Gasteiger partial charge >= 0.3 is 5.97 Å². The van der Waals surface area contributed by atoms with Crippen LogP contribution in [0.25, 0.3) is 10.3 Å². The zero-order chi connectivity index (χ0) is 14.8. The molecule has 0 aliphatic heterocycles. The van der Waals surface area contributed by atoms with Gasteiger partial charge in [0, 0.05) is 6.54 Å². The molecule has 20 heavy (non-hydrogen) atoms. The standard InChI is InChI=1S/C12H16N4O2S2/c1-12(2,10(17)18-3)5-13-8-7-9(15-6-14-8)16-11(19-4)20-7/h6H,5H2,1-4H3,(H,13,14,15). The minimum absolute atomic E-state index is 0.260. The van der Waals surface area contributed by atoms with Crippen molar-refractivity contribution in [2.75, 3.05) is 25.2 Å². The molecule has 0 bridgehead atoms. The Labute approximate surface area is 125 Å². The zero-order valence-corrected chi connectivity index (χ0v) is 13.4. The van der Waals surface area contributed by atoms with E-state index in [4.69, 9.17) is 4.74 Å². The van der Waals surface area contributed by atoms with Gasteiger partial charge in [-0.25, -0.2) is 15.0 Å². The summed E-state index contributed by atoms with van der Waals surface area (Å²) in [6.07, 6.45) is 3.44. The van der Waals surface area contributed by atoms with Crippen LogP contribution in [0, 0.1) is 5.41 Å². The number of rotatable bonds is 5. The van der Waals surface area contributed by atoms with E-state index in [2.05, 4.69) is 20.3 Å². The summed E-state index contributed by atoms with van der Waals surface area (Å²) in [5, 5.41) is 3.19. The first-order valence-corrected chi connectivity index (χ1v) is 8.00. The van der Waals surface area contributed by atoms with Gasteiger partial charge in [0.25, 0.3) is 0 Å². The van der Waals surface area contributed by atoms with Crippen molar-refractivity contribution in [2.45, 2.75) is 18.2 Å². The van der Waals surface area contributed by atoms with Crippen LogP contribution in [-0.2, 0) is 9.53 Å². The van der Waals surface area contributed by atoms with Crippen LogP contribution < -0.4 is 5.32 Å². The lowest BCUT2D eigenvalue weighted by Gasteiger charge is -2.21. The van der Waals surface area contributed by atoms with Gasteiger partial charge < -0.3 is 10.1 Å². The minimum atomic E-state index is -0.626. The van der Waals surface area contributed by atoms with E-state index < -0.39 is 5.41 Å². The van der Waals surface area contributed by atoms with Crippen molar-refractivity contribution in [1.29, 1.82) is 0 Å². The van der Waals surface area contributed by atoms with Crippen LogP contribution in [0.2, 0.25) is 0 Å². The number of ether oxygens (including phenoxy) is 1. The van der Waals surface area contributed by atoms with E-state index in [1.54, 1.807) is 11.8 Å². The van der Waals surface area contributed by atoms with Crippen molar-refractivity contribution in [3.8, 4) is 0 Å². The Morgan fingerprint density at radius 3 is 2.90 bits per heavy atom. The second-order valence-electron chi connectivity index (χ2n) is 4.79. The van der Waals surface area contributed by atoms with Gasteiger partial charge in [0.1, 0.15) is 16.8 Å². The van der Waals surface area contributed by atoms with Gasteiger partial charge in [0.15, 0.2) is 9.99 Å². The largest absolute Gasteiger partial charge is 0.469 e. The second kappa shape index (κ2) is 5.92. The Morgan fingerprint density at radius 2 is 2.25 bits per heavy atom. The fourth-order valence-electron chi connectivity index (χ4n) is 1.60. The molecule has 2 rings (SSSR count). The van der Waals surface area contributed by atoms with Crippen molar-refractivity contribution in [2.24, 2.45) is 5.41 Å². The lowest BCUT2D eigenvalue weighted by molar-refractivity contribution is -0.149. The monoisotopic (exact) mass is 312 g/mol. The number of hydrogen-bond donors (Lipinski definition) is 1. The van der Waals surface area contributed by atoms with Crippen LogP contribution in [-0.4, -0.2) is 40.8 Å². The van der Waals surface area contributed by atoms with Crippen molar-refractivity contribution in [3.05, 3.63) is 6.33 Å². The highest BCUT2D eigenvalue weighted by molar-refractivity contribution is 8.00. The van der Waals surface area contributed by atoms with E-state index in [0.29, 0.717) is 18.0 Å². The van der Waals surface area contributed by atoms with Gasteiger partial charge in [-0.3, -0.25) is 4.79 Å². The number of fused-ring (bicyclic) bond motifs is 1. The molecule has 6 nitrogen and oxygen atoms in total. The summed E-state index contributed by atoms with van der Waals surface area (Å²) in [4.78, 5) is 24.4. The number of aromatic nitrogens is 3. The maximum absolute atomic E-state index is 11.7. The summed E-state index contributed by atoms with van der Waals surface area (Å²) in [7, 11) is 1.39. The Balaban J connectivity index is 2.22. The highest BCUT2D eigenvalue weighted by Gasteiger charge is 2.28. The van der Waals surface area contributed by atoms with Gasteiger partial charge in [-0.1, -0.05) is 11.8 Å². The van der Waals surface area contributed by atoms with Crippen molar-refractivity contribution in [3.63, 3.8) is 0 Å². The number of hydrogen-bond acceptors (Lipinski definition) is 8. The second-order valence-corrected chi connectivity index (χ2v) is 6.84. The summed E-state index contributed by atoms with van der Waals surface area (Å²) in [6.45, 7) is 4.08. The third kappa shape index (κ3) is 3.01. The molecule has 1 N–H and O–H groups in total. The van der Waals surface area contributed by atoms with Crippen molar-refractivity contribution < 1.29 is 9.53 Å². The smallest absolute Gasteiger partial charge is 0.313 e. The predicted octanol–water partition coefficient (Wildman–Crippen LogP) is 2.42. The minimum Gasteiger partial charge on any atom is -0.469 e. The molecule has 0 unspecified atom stereocenters. The van der Waals surface area contributed by atoms with E-state index in [1.165, 1.54) is 24.8 Å². The molecule has 2 heterocycles. The van der Waals surface area contributed by atoms with Gasteiger partial charge in [-0.15, -0.1) is 11.3 Å². The molecule has 0 spiro atoms. The first-order chi connectivity index (χ1) is 9.47. The van der Waals surface area contributed by atoms with Crippen LogP contribution in [0.1, 0.15) is 13.8 Å². The molecule has 8 heteroatoms. The number of carbonyl (C=O) groups is 1. The molecule has 108 valence electrons. The SMILES string of the molecule is COC(=O)C(C)(C)CNc1ncnc2nc(SC)sc12. The van der Waals surface area contributed by atoms with E-state index in [9.17, 15) is 4.79 Å². The number of thioether (sulfide) groups is 1. The molecule has 0 fully saturated rings. The normalized spacial score (nSPS) is 11.6. The molecule has 0 radical (unpaired) electrons. The quantitative estimate of drug-likeness (QED) is 0.671. The molecule has 0 aliphatic rings. The summed E-state index contributed by atoms with van der Waals surface area (Å²) in [5.41, 5.74) is 0.0479. The third-order valence-electron chi connectivity index (χ3n) is 2.78. The molecule has 0 aliphatic carbocycles. The summed E-state index contributed by atoms with van der Waals surface area (Å²) >= 11 is 3.11. The predicted molar refractivity (Wildman–Crippen MR) is 81.3 cm³/mol. The molecular formula is C12H16N4O2S2. The number of nitrogens with one attached hydrogen (secondary N) is 1. The summed E-state index contributed by atoms with van der Waals surface area (Å²) in [6, 6.07) is 0. The number of esters is 1. The maximum atomic E-state index is 11.7. The Morgan fingerprint density at radius 1 is 1.50 bits per heavy atom. The molecule has 2 aromatic heterocycles. The number of thiazole rings is 1. The van der Waals surface area contributed by atoms with Gasteiger partial charge in [0.05, 0.1) is 12.5 Å². The van der Waals surface area contributed by atoms with Crippen LogP contribution >= 0.6 is 23.1 Å². The van der Waals surface area contributed by atoms with Gasteiger partial charge in [-0.2, -0.15) is 0 Å². The van der Waals surface area contributed by atoms with E-state index in [1.807, 2.05) is 20.1 Å². The highest BCUT2D eigenvalue weighted by Crippen LogP contribution is 2.31. The van der Waals surface area contributed by atoms with Gasteiger partial charge in [-0.05, 0) is 20.1 Å². The van der Waals surface area contributed by atoms with E-state index in [0.717, 1.165) is 9.04 Å². The van der Waals surface area contributed by atoms with E-state index >= 15 is 0 Å². The fourth-order valence-corrected chi connectivity index (χ4v) is 3.08. The van der Waals surface area contributed by atoms with Crippen LogP contribution in [0.3, 0.4) is 0 Å². The molecule has 0 amide bonds. The van der Waals surface area contributed by atoms with Crippen LogP contribution in [0.4, 0.5) is 5.82 Å². The molecule has 0 atom stereocenters. The van der Waals surface area contributed by atoms with Crippen LogP contribution in [0.5, 0.6) is 0 Å². The number of nitrogens with zero attached hydrogens (tertiary/aromatic N) is 3. The lowest BCUT2D eigenvalue weighted by atomic mass is 9.94. The van der Waals surface area contributed by atoms with Crippen LogP contribution in [0.15, 0.2) is 10.7 Å². The molecule has 0 saturated heterocycles. The third-order valence-corrected chi connectivity index (χ3v) is 4.82. The van der Waals surface area contributed by atoms with Gasteiger partial charge in [0.2, 0.25) is 0 Å². The molecule has 2 aromatic rings. The Hall–Kier alpha value is -1.41. The fraction of sp³-hybridized carbons (Fsp3) is 0.500. The lowest BCUT2D eigenvalue weighted by Crippen LogP contribution is -2.33. The first kappa shape index (κ1) is 15.0. The average molecular weight is 312 g/mol.